The first-order valence-corrected chi connectivity index (χ1v) is 28.5. The lowest BCUT2D eigenvalue weighted by atomic mass is 10.0. The van der Waals surface area contributed by atoms with E-state index in [1.54, 1.807) is 0 Å². The van der Waals surface area contributed by atoms with Crippen LogP contribution < -0.4 is 5.32 Å². The molecular weight excluding hydrogens is 766 g/mol. The van der Waals surface area contributed by atoms with Gasteiger partial charge >= 0.3 is 7.82 Å². The predicted octanol–water partition coefficient (Wildman–Crippen LogP) is 16.9. The molecule has 0 bridgehead atoms. The van der Waals surface area contributed by atoms with Crippen LogP contribution in [0.1, 0.15) is 309 Å². The van der Waals surface area contributed by atoms with Gasteiger partial charge in [0.25, 0.3) is 0 Å². The second kappa shape index (κ2) is 48.0. The minimum atomic E-state index is -4.69. The molecule has 0 unspecified atom stereocenters. The molecule has 0 aromatic rings. The number of hydrogen-bond acceptors (Lipinski definition) is 4. The van der Waals surface area contributed by atoms with Crippen molar-refractivity contribution in [1.29, 1.82) is 0 Å². The predicted molar refractivity (Wildman–Crippen MR) is 260 cm³/mol. The molecule has 0 rings (SSSR count). The normalized spacial score (nSPS) is 12.9. The van der Waals surface area contributed by atoms with Crippen LogP contribution in [0, 0.1) is 0 Å². The number of carbonyl (C=O) groups excluding carboxylic acids is 1. The molecule has 0 spiro atoms. The second-order valence-corrected chi connectivity index (χ2v) is 20.2. The summed E-state index contributed by atoms with van der Waals surface area (Å²) in [5.74, 6) is -0.186. The van der Waals surface area contributed by atoms with Crippen LogP contribution in [0.2, 0.25) is 0 Å². The molecule has 0 aliphatic heterocycles. The number of carbonyl (C=O) groups is 1. The van der Waals surface area contributed by atoms with Crippen LogP contribution in [0.3, 0.4) is 0 Å². The highest BCUT2D eigenvalue weighted by Crippen LogP contribution is 2.36. The highest BCUT2D eigenvalue weighted by molar-refractivity contribution is 7.46. The molecule has 0 radical (unpaired) electrons. The molecule has 0 aliphatic rings. The molecule has 7 nitrogen and oxygen atoms in total. The number of nitrogens with one attached hydrogen (secondary N) is 1. The molecule has 0 aromatic heterocycles. The van der Waals surface area contributed by atoms with Gasteiger partial charge in [0.05, 0.1) is 18.8 Å². The Kier molecular flexibility index (Phi) is 47.6. The molecule has 8 heteroatoms. The molecule has 0 heterocycles. The monoisotopic (exact) mass is 872 g/mol. The van der Waals surface area contributed by atoms with Gasteiger partial charge in [-0.2, -0.15) is 0 Å². The van der Waals surface area contributed by atoms with Crippen LogP contribution in [-0.2, 0) is 13.9 Å². The molecule has 0 aliphatic carbocycles. The Labute approximate surface area is 374 Å². The van der Waals surface area contributed by atoms with E-state index < -0.39 is 26.6 Å². The number of hydrogen-bond donors (Lipinski definition) is 4. The van der Waals surface area contributed by atoms with Gasteiger partial charge in [0, 0.05) is 6.42 Å². The molecule has 4 N–H and O–H groups in total. The van der Waals surface area contributed by atoms with E-state index in [1.807, 2.05) is 0 Å². The van der Waals surface area contributed by atoms with Crippen LogP contribution in [0.25, 0.3) is 0 Å². The van der Waals surface area contributed by atoms with Crippen molar-refractivity contribution in [2.24, 2.45) is 0 Å². The number of amides is 1. The average molecular weight is 872 g/mol. The standard InChI is InChI=1S/C52H106NO6P/c1-3-5-7-9-11-13-15-17-19-20-21-22-23-24-25-26-27-28-29-30-31-32-33-34-36-38-40-42-44-46-48-52(55)53-50(49-59-60(56,57)58)51(54)47-45-43-41-39-37-35-18-16-14-12-10-8-6-4-2/h50-51,54H,3-49H2,1-2H3,(H,53,55)(H2,56,57,58)/t50-,51+/m0/s1. The lowest BCUT2D eigenvalue weighted by molar-refractivity contribution is -0.123. The van der Waals surface area contributed by atoms with E-state index in [4.69, 9.17) is 4.52 Å². The fourth-order valence-corrected chi connectivity index (χ4v) is 9.12. The Morgan fingerprint density at radius 1 is 0.417 bits per heavy atom. The number of phosphoric ester groups is 1. The number of aliphatic hydroxyl groups is 1. The highest BCUT2D eigenvalue weighted by Gasteiger charge is 2.25. The third kappa shape index (κ3) is 48.6. The van der Waals surface area contributed by atoms with Crippen molar-refractivity contribution >= 4 is 13.7 Å². The maximum atomic E-state index is 12.7. The fraction of sp³-hybridized carbons (Fsp3) is 0.981. The topological polar surface area (TPSA) is 116 Å². The summed E-state index contributed by atoms with van der Waals surface area (Å²) in [6, 6.07) is -0.819. The van der Waals surface area contributed by atoms with E-state index >= 15 is 0 Å². The first-order chi connectivity index (χ1) is 29.3. The SMILES string of the molecule is CCCCCCCCCCCCCCCCCCCCCCCCCCCCCCCCC(=O)N[C@@H](COP(=O)(O)O)[C@H](O)CCCCCCCCCCCCCCCC. The van der Waals surface area contributed by atoms with Crippen LogP contribution in [0.5, 0.6) is 0 Å². The smallest absolute Gasteiger partial charge is 0.391 e. The van der Waals surface area contributed by atoms with Crippen molar-refractivity contribution in [2.75, 3.05) is 6.61 Å². The molecule has 0 aromatic carbocycles. The minimum Gasteiger partial charge on any atom is -0.391 e. The van der Waals surface area contributed by atoms with Crippen molar-refractivity contribution in [2.45, 2.75) is 321 Å². The Morgan fingerprint density at radius 3 is 0.900 bits per heavy atom. The van der Waals surface area contributed by atoms with Gasteiger partial charge in [-0.3, -0.25) is 9.32 Å². The summed E-state index contributed by atoms with van der Waals surface area (Å²) in [5, 5.41) is 13.6. The van der Waals surface area contributed by atoms with E-state index in [0.717, 1.165) is 38.5 Å². The van der Waals surface area contributed by atoms with Gasteiger partial charge in [-0.15, -0.1) is 0 Å². The molecule has 1 amide bonds. The van der Waals surface area contributed by atoms with Crippen LogP contribution >= 0.6 is 7.82 Å². The average Bonchev–Trinajstić information content (AvgIpc) is 3.22. The number of unbranched alkanes of at least 4 members (excludes halogenated alkanes) is 42. The van der Waals surface area contributed by atoms with Crippen molar-refractivity contribution in [3.63, 3.8) is 0 Å². The quantitative estimate of drug-likeness (QED) is 0.0357. The maximum absolute atomic E-state index is 12.7. The number of rotatable bonds is 51. The van der Waals surface area contributed by atoms with Gasteiger partial charge < -0.3 is 20.2 Å². The van der Waals surface area contributed by atoms with Gasteiger partial charge in [0.15, 0.2) is 0 Å². The number of phosphoric acid groups is 1. The van der Waals surface area contributed by atoms with E-state index in [1.165, 1.54) is 244 Å². The molecule has 0 fully saturated rings. The Balaban J connectivity index is 3.65. The molecule has 0 saturated carbocycles. The Hall–Kier alpha value is -0.460. The summed E-state index contributed by atoms with van der Waals surface area (Å²) >= 11 is 0. The second-order valence-electron chi connectivity index (χ2n) is 18.9. The van der Waals surface area contributed by atoms with E-state index in [9.17, 15) is 24.3 Å². The first kappa shape index (κ1) is 59.5. The largest absolute Gasteiger partial charge is 0.469 e. The van der Waals surface area contributed by atoms with E-state index in [0.29, 0.717) is 12.8 Å². The third-order valence-corrected chi connectivity index (χ3v) is 13.3. The zero-order chi connectivity index (χ0) is 43.9. The molecule has 0 saturated heterocycles. The molecular formula is C52H106NO6P. The molecule has 60 heavy (non-hydrogen) atoms. The van der Waals surface area contributed by atoms with Crippen molar-refractivity contribution in [1.82, 2.24) is 5.32 Å². The van der Waals surface area contributed by atoms with Crippen LogP contribution in [-0.4, -0.2) is 39.6 Å². The van der Waals surface area contributed by atoms with Gasteiger partial charge in [0.2, 0.25) is 5.91 Å². The molecule has 2 atom stereocenters. The Bertz CT molecular complexity index is 900. The van der Waals surface area contributed by atoms with Crippen LogP contribution in [0.15, 0.2) is 0 Å². The van der Waals surface area contributed by atoms with Crippen molar-refractivity contribution < 1.29 is 28.8 Å². The summed E-state index contributed by atoms with van der Waals surface area (Å²) in [4.78, 5) is 31.1. The summed E-state index contributed by atoms with van der Waals surface area (Å²) in [6.45, 7) is 4.16. The van der Waals surface area contributed by atoms with E-state index in [-0.39, 0.29) is 5.91 Å². The van der Waals surface area contributed by atoms with Gasteiger partial charge in [-0.1, -0.05) is 290 Å². The van der Waals surface area contributed by atoms with E-state index in [2.05, 4.69) is 19.2 Å². The zero-order valence-electron chi connectivity index (χ0n) is 40.4. The van der Waals surface area contributed by atoms with Crippen LogP contribution in [0.4, 0.5) is 0 Å². The fourth-order valence-electron chi connectivity index (χ4n) is 8.76. The first-order valence-electron chi connectivity index (χ1n) is 27.0. The number of aliphatic hydroxyl groups excluding tert-OH is 1. The Morgan fingerprint density at radius 2 is 0.650 bits per heavy atom. The lowest BCUT2D eigenvalue weighted by Gasteiger charge is -2.24. The summed E-state index contributed by atoms with van der Waals surface area (Å²) in [6.07, 6.45) is 58.5. The summed E-state index contributed by atoms with van der Waals surface area (Å²) in [5.41, 5.74) is 0. The van der Waals surface area contributed by atoms with Crippen molar-refractivity contribution in [3.8, 4) is 0 Å². The molecule has 360 valence electrons. The minimum absolute atomic E-state index is 0.186. The summed E-state index contributed by atoms with van der Waals surface area (Å²) in [7, 11) is -4.69. The zero-order valence-corrected chi connectivity index (χ0v) is 41.3. The van der Waals surface area contributed by atoms with Gasteiger partial charge in [-0.05, 0) is 12.8 Å². The lowest BCUT2D eigenvalue weighted by Crippen LogP contribution is -2.46. The van der Waals surface area contributed by atoms with Crippen molar-refractivity contribution in [3.05, 3.63) is 0 Å². The highest BCUT2D eigenvalue weighted by atomic mass is 31.2. The van der Waals surface area contributed by atoms with Gasteiger partial charge in [0.1, 0.15) is 0 Å². The summed E-state index contributed by atoms with van der Waals surface area (Å²) < 4.78 is 16.0. The maximum Gasteiger partial charge on any atom is 0.469 e. The van der Waals surface area contributed by atoms with Gasteiger partial charge in [-0.25, -0.2) is 4.57 Å². The third-order valence-electron chi connectivity index (χ3n) is 12.8.